The number of amides is 1. The van der Waals surface area contributed by atoms with Crippen LogP contribution in [-0.4, -0.2) is 44.1 Å². The van der Waals surface area contributed by atoms with Crippen molar-refractivity contribution in [3.05, 3.63) is 44.9 Å². The number of rotatable bonds is 2. The van der Waals surface area contributed by atoms with Gasteiger partial charge in [-0.15, -0.1) is 0 Å². The maximum Gasteiger partial charge on any atom is 0.274 e. The molecular weight excluding hydrogens is 306 g/mol. The minimum atomic E-state index is -0.108. The van der Waals surface area contributed by atoms with E-state index in [1.165, 1.54) is 0 Å². The van der Waals surface area contributed by atoms with Gasteiger partial charge in [0.2, 0.25) is 0 Å². The highest BCUT2D eigenvalue weighted by Gasteiger charge is 2.30. The summed E-state index contributed by atoms with van der Waals surface area (Å²) in [4.78, 5) is 33.4. The van der Waals surface area contributed by atoms with Gasteiger partial charge in [-0.3, -0.25) is 14.7 Å². The zero-order valence-corrected chi connectivity index (χ0v) is 13.8. The van der Waals surface area contributed by atoms with Crippen LogP contribution in [0.15, 0.2) is 10.9 Å². The summed E-state index contributed by atoms with van der Waals surface area (Å²) in [7, 11) is 0. The van der Waals surface area contributed by atoms with E-state index in [0.717, 1.165) is 49.1 Å². The SMILES string of the molecule is Cc1nc(C2CCN(C(=O)c3n[nH]c4c3CCC4)CC2)cc(=O)[nH]1. The minimum absolute atomic E-state index is 0.0305. The molecule has 7 nitrogen and oxygen atoms in total. The van der Waals surface area contributed by atoms with Crippen LogP contribution >= 0.6 is 0 Å². The summed E-state index contributed by atoms with van der Waals surface area (Å²) in [6.07, 6.45) is 4.69. The van der Waals surface area contributed by atoms with Gasteiger partial charge in [-0.05, 0) is 39.0 Å². The first-order valence-electron chi connectivity index (χ1n) is 8.55. The van der Waals surface area contributed by atoms with E-state index in [-0.39, 0.29) is 17.4 Å². The Hall–Kier alpha value is -2.44. The molecule has 0 atom stereocenters. The van der Waals surface area contributed by atoms with E-state index in [2.05, 4.69) is 20.2 Å². The molecule has 2 aromatic rings. The fourth-order valence-corrected chi connectivity index (χ4v) is 3.84. The normalized spacial score (nSPS) is 18.0. The molecule has 1 amide bonds. The third-order valence-electron chi connectivity index (χ3n) is 5.09. The number of H-pyrrole nitrogens is 2. The van der Waals surface area contributed by atoms with Crippen LogP contribution in [0.3, 0.4) is 0 Å². The summed E-state index contributed by atoms with van der Waals surface area (Å²) in [6, 6.07) is 1.58. The highest BCUT2D eigenvalue weighted by Crippen LogP contribution is 2.28. The van der Waals surface area contributed by atoms with Gasteiger partial charge in [-0.25, -0.2) is 4.98 Å². The minimum Gasteiger partial charge on any atom is -0.337 e. The Morgan fingerprint density at radius 1 is 1.29 bits per heavy atom. The van der Waals surface area contributed by atoms with Crippen LogP contribution in [0.5, 0.6) is 0 Å². The molecule has 1 saturated heterocycles. The van der Waals surface area contributed by atoms with Gasteiger partial charge in [0.15, 0.2) is 5.69 Å². The van der Waals surface area contributed by atoms with Crippen LogP contribution in [0, 0.1) is 6.92 Å². The summed E-state index contributed by atoms with van der Waals surface area (Å²) >= 11 is 0. The molecular formula is C17H21N5O2. The van der Waals surface area contributed by atoms with E-state index in [9.17, 15) is 9.59 Å². The zero-order chi connectivity index (χ0) is 16.7. The number of aryl methyl sites for hydroxylation is 2. The van der Waals surface area contributed by atoms with E-state index in [0.29, 0.717) is 24.6 Å². The molecule has 4 rings (SSSR count). The number of carbonyl (C=O) groups excluding carboxylic acids is 1. The molecule has 7 heteroatoms. The van der Waals surface area contributed by atoms with Crippen molar-refractivity contribution in [2.75, 3.05) is 13.1 Å². The number of hydrogen-bond donors (Lipinski definition) is 2. The predicted molar refractivity (Wildman–Crippen MR) is 88.1 cm³/mol. The molecule has 0 radical (unpaired) electrons. The number of aromatic amines is 2. The molecule has 0 aromatic carbocycles. The van der Waals surface area contributed by atoms with E-state index in [4.69, 9.17) is 0 Å². The topological polar surface area (TPSA) is 94.7 Å². The van der Waals surface area contributed by atoms with Crippen molar-refractivity contribution in [3.8, 4) is 0 Å². The van der Waals surface area contributed by atoms with E-state index in [1.807, 2.05) is 4.90 Å². The smallest absolute Gasteiger partial charge is 0.274 e. The predicted octanol–water partition coefficient (Wildman–Crippen LogP) is 1.31. The lowest BCUT2D eigenvalue weighted by Crippen LogP contribution is -2.38. The number of hydrogen-bond acceptors (Lipinski definition) is 4. The Morgan fingerprint density at radius 2 is 2.08 bits per heavy atom. The van der Waals surface area contributed by atoms with E-state index >= 15 is 0 Å². The highest BCUT2D eigenvalue weighted by atomic mass is 16.2. The average Bonchev–Trinajstić information content (AvgIpc) is 3.17. The zero-order valence-electron chi connectivity index (χ0n) is 13.8. The number of carbonyl (C=O) groups is 1. The Morgan fingerprint density at radius 3 is 2.83 bits per heavy atom. The number of nitrogens with zero attached hydrogens (tertiary/aromatic N) is 3. The molecule has 0 unspecified atom stereocenters. The highest BCUT2D eigenvalue weighted by molar-refractivity contribution is 5.94. The molecule has 1 aliphatic heterocycles. The monoisotopic (exact) mass is 327 g/mol. The third kappa shape index (κ3) is 2.64. The van der Waals surface area contributed by atoms with Gasteiger partial charge < -0.3 is 9.88 Å². The summed E-state index contributed by atoms with van der Waals surface area (Å²) in [5.74, 6) is 0.908. The Balaban J connectivity index is 1.46. The molecule has 2 aromatic heterocycles. The van der Waals surface area contributed by atoms with Gasteiger partial charge in [0.05, 0.1) is 5.69 Å². The summed E-state index contributed by atoms with van der Waals surface area (Å²) < 4.78 is 0. The second kappa shape index (κ2) is 5.89. The molecule has 0 spiro atoms. The molecule has 0 saturated carbocycles. The fraction of sp³-hybridized carbons (Fsp3) is 0.529. The summed E-state index contributed by atoms with van der Waals surface area (Å²) in [6.45, 7) is 3.15. The molecule has 0 bridgehead atoms. The van der Waals surface area contributed by atoms with Crippen molar-refractivity contribution >= 4 is 5.91 Å². The van der Waals surface area contributed by atoms with Crippen LogP contribution in [-0.2, 0) is 12.8 Å². The first-order chi connectivity index (χ1) is 11.6. The number of piperidine rings is 1. The van der Waals surface area contributed by atoms with Gasteiger partial charge in [0.25, 0.3) is 11.5 Å². The average molecular weight is 327 g/mol. The first-order valence-corrected chi connectivity index (χ1v) is 8.55. The maximum absolute atomic E-state index is 12.7. The molecule has 2 N–H and O–H groups in total. The Kier molecular flexibility index (Phi) is 3.70. The molecule has 3 heterocycles. The fourth-order valence-electron chi connectivity index (χ4n) is 3.84. The molecule has 1 aliphatic carbocycles. The Labute approximate surface area is 139 Å². The van der Waals surface area contributed by atoms with Crippen molar-refractivity contribution < 1.29 is 4.79 Å². The lowest BCUT2D eigenvalue weighted by molar-refractivity contribution is 0.0705. The largest absolute Gasteiger partial charge is 0.337 e. The Bertz CT molecular complexity index is 830. The quantitative estimate of drug-likeness (QED) is 0.869. The molecule has 126 valence electrons. The van der Waals surface area contributed by atoms with Crippen molar-refractivity contribution in [1.82, 2.24) is 25.1 Å². The number of fused-ring (bicyclic) bond motifs is 1. The molecule has 24 heavy (non-hydrogen) atoms. The van der Waals surface area contributed by atoms with Crippen molar-refractivity contribution in [2.45, 2.75) is 44.9 Å². The number of nitrogens with one attached hydrogen (secondary N) is 2. The number of likely N-dealkylation sites (tertiary alicyclic amines) is 1. The summed E-state index contributed by atoms with van der Waals surface area (Å²) in [5, 5.41) is 7.25. The van der Waals surface area contributed by atoms with Gasteiger partial charge in [0, 0.05) is 36.3 Å². The van der Waals surface area contributed by atoms with E-state index in [1.54, 1.807) is 13.0 Å². The van der Waals surface area contributed by atoms with Gasteiger partial charge in [0.1, 0.15) is 5.82 Å². The number of aromatic nitrogens is 4. The lowest BCUT2D eigenvalue weighted by atomic mass is 9.93. The van der Waals surface area contributed by atoms with Gasteiger partial charge >= 0.3 is 0 Å². The van der Waals surface area contributed by atoms with E-state index < -0.39 is 0 Å². The van der Waals surface area contributed by atoms with Gasteiger partial charge in [-0.2, -0.15) is 5.10 Å². The molecule has 2 aliphatic rings. The van der Waals surface area contributed by atoms with Crippen LogP contribution in [0.4, 0.5) is 0 Å². The maximum atomic E-state index is 12.7. The van der Waals surface area contributed by atoms with Crippen molar-refractivity contribution in [2.24, 2.45) is 0 Å². The van der Waals surface area contributed by atoms with Gasteiger partial charge in [-0.1, -0.05) is 0 Å². The lowest BCUT2D eigenvalue weighted by Gasteiger charge is -2.31. The van der Waals surface area contributed by atoms with Crippen LogP contribution in [0.2, 0.25) is 0 Å². The van der Waals surface area contributed by atoms with Crippen molar-refractivity contribution in [1.29, 1.82) is 0 Å². The second-order valence-corrected chi connectivity index (χ2v) is 6.71. The van der Waals surface area contributed by atoms with Crippen molar-refractivity contribution in [3.63, 3.8) is 0 Å². The summed E-state index contributed by atoms with van der Waals surface area (Å²) in [5.41, 5.74) is 3.56. The van der Waals surface area contributed by atoms with Crippen LogP contribution in [0.25, 0.3) is 0 Å². The first kappa shape index (κ1) is 15.1. The molecule has 1 fully saturated rings. The standard InChI is InChI=1S/C17H21N5O2/c1-10-18-14(9-15(23)19-10)11-5-7-22(8-6-11)17(24)16-12-3-2-4-13(12)20-21-16/h9,11H,2-8H2,1H3,(H,20,21)(H,18,19,23). The second-order valence-electron chi connectivity index (χ2n) is 6.71. The third-order valence-corrected chi connectivity index (χ3v) is 5.09. The van der Waals surface area contributed by atoms with Crippen LogP contribution < -0.4 is 5.56 Å². The van der Waals surface area contributed by atoms with Crippen LogP contribution in [0.1, 0.15) is 58.4 Å².